The van der Waals surface area contributed by atoms with E-state index in [1.807, 2.05) is 6.20 Å². The molecule has 1 aromatic rings. The Morgan fingerprint density at radius 1 is 1.24 bits per heavy atom. The van der Waals surface area contributed by atoms with Crippen LogP contribution in [0.4, 0.5) is 5.82 Å². The van der Waals surface area contributed by atoms with E-state index in [4.69, 9.17) is 4.74 Å². The molecule has 0 unspecified atom stereocenters. The van der Waals surface area contributed by atoms with E-state index < -0.39 is 5.60 Å². The highest BCUT2D eigenvalue weighted by atomic mass is 16.5. The quantitative estimate of drug-likeness (QED) is 0.852. The monoisotopic (exact) mass is 346 g/mol. The van der Waals surface area contributed by atoms with E-state index in [1.54, 1.807) is 7.11 Å². The Morgan fingerprint density at radius 2 is 1.96 bits per heavy atom. The summed E-state index contributed by atoms with van der Waals surface area (Å²) in [6.07, 6.45) is 8.42. The Morgan fingerprint density at radius 3 is 2.56 bits per heavy atom. The van der Waals surface area contributed by atoms with Gasteiger partial charge in [0.2, 0.25) is 0 Å². The molecule has 0 aromatic carbocycles. The molecule has 2 fully saturated rings. The van der Waals surface area contributed by atoms with Crippen LogP contribution in [-0.2, 0) is 16.1 Å². The van der Waals surface area contributed by atoms with Crippen LogP contribution in [0.15, 0.2) is 18.3 Å². The van der Waals surface area contributed by atoms with Gasteiger partial charge in [0.05, 0.1) is 0 Å². The van der Waals surface area contributed by atoms with Gasteiger partial charge in [0.25, 0.3) is 5.91 Å². The smallest absolute Gasteiger partial charge is 0.252 e. The molecule has 25 heavy (non-hydrogen) atoms. The maximum absolute atomic E-state index is 12.6. The zero-order valence-electron chi connectivity index (χ0n) is 15.2. The number of rotatable bonds is 5. The fourth-order valence-electron chi connectivity index (χ4n) is 3.71. The predicted octanol–water partition coefficient (Wildman–Crippen LogP) is 1.85. The van der Waals surface area contributed by atoms with Crippen LogP contribution in [0.5, 0.6) is 0 Å². The van der Waals surface area contributed by atoms with E-state index in [9.17, 15) is 4.79 Å². The lowest BCUT2D eigenvalue weighted by Gasteiger charge is -2.34. The number of ether oxygens (including phenoxy) is 1. The number of nitrogens with one attached hydrogen (secondary N) is 2. The number of aromatic nitrogens is 1. The molecule has 0 aliphatic carbocycles. The summed E-state index contributed by atoms with van der Waals surface area (Å²) in [4.78, 5) is 19.6. The summed E-state index contributed by atoms with van der Waals surface area (Å²) in [5.74, 6) is 1.02. The third kappa shape index (κ3) is 4.50. The van der Waals surface area contributed by atoms with Gasteiger partial charge in [-0.2, -0.15) is 0 Å². The van der Waals surface area contributed by atoms with Crippen molar-refractivity contribution >= 4 is 11.7 Å². The minimum atomic E-state index is -0.690. The molecule has 0 radical (unpaired) electrons. The van der Waals surface area contributed by atoms with E-state index in [0.29, 0.717) is 19.4 Å². The van der Waals surface area contributed by atoms with E-state index in [1.165, 1.54) is 25.7 Å². The average Bonchev–Trinajstić information content (AvgIpc) is 2.96. The van der Waals surface area contributed by atoms with Crippen LogP contribution in [-0.4, -0.2) is 49.8 Å². The van der Waals surface area contributed by atoms with Crippen LogP contribution in [0, 0.1) is 0 Å². The lowest BCUT2D eigenvalue weighted by Crippen LogP contribution is -2.53. The number of anilines is 1. The molecule has 1 aromatic heterocycles. The Labute approximate surface area is 150 Å². The standard InChI is InChI=1S/C19H30N4O2/c1-25-19(8-10-20-11-9-19)18(24)22-15-16-6-7-17(21-14-16)23-12-4-2-3-5-13-23/h6-7,14,20H,2-5,8-13,15H2,1H3,(H,22,24). The summed E-state index contributed by atoms with van der Waals surface area (Å²) in [5.41, 5.74) is 0.331. The molecule has 3 heterocycles. The third-order valence-electron chi connectivity index (χ3n) is 5.41. The lowest BCUT2D eigenvalue weighted by atomic mass is 9.91. The zero-order valence-corrected chi connectivity index (χ0v) is 15.2. The molecule has 6 heteroatoms. The summed E-state index contributed by atoms with van der Waals surface area (Å²) >= 11 is 0. The summed E-state index contributed by atoms with van der Waals surface area (Å²) in [5, 5.41) is 6.29. The average molecular weight is 346 g/mol. The molecular weight excluding hydrogens is 316 g/mol. The van der Waals surface area contributed by atoms with Crippen LogP contribution in [0.1, 0.15) is 44.1 Å². The van der Waals surface area contributed by atoms with Gasteiger partial charge in [-0.15, -0.1) is 0 Å². The number of piperidine rings is 1. The number of pyridine rings is 1. The van der Waals surface area contributed by atoms with Gasteiger partial charge in [-0.1, -0.05) is 18.9 Å². The SMILES string of the molecule is COC1(C(=O)NCc2ccc(N3CCCCCC3)nc2)CCNCC1. The number of hydrogen-bond acceptors (Lipinski definition) is 5. The topological polar surface area (TPSA) is 66.5 Å². The fourth-order valence-corrected chi connectivity index (χ4v) is 3.71. The van der Waals surface area contributed by atoms with E-state index >= 15 is 0 Å². The second-order valence-corrected chi connectivity index (χ2v) is 7.06. The van der Waals surface area contributed by atoms with Crippen LogP contribution in [0.3, 0.4) is 0 Å². The van der Waals surface area contributed by atoms with E-state index in [0.717, 1.165) is 37.6 Å². The molecule has 138 valence electrons. The van der Waals surface area contributed by atoms with Gasteiger partial charge in [0.15, 0.2) is 0 Å². The molecule has 2 aliphatic heterocycles. The van der Waals surface area contributed by atoms with Crippen molar-refractivity contribution in [2.75, 3.05) is 38.2 Å². The Bertz CT molecular complexity index is 547. The highest BCUT2D eigenvalue weighted by Crippen LogP contribution is 2.23. The third-order valence-corrected chi connectivity index (χ3v) is 5.41. The van der Waals surface area contributed by atoms with Crippen molar-refractivity contribution in [3.05, 3.63) is 23.9 Å². The van der Waals surface area contributed by atoms with Crippen molar-refractivity contribution < 1.29 is 9.53 Å². The number of carbonyl (C=O) groups excluding carboxylic acids is 1. The summed E-state index contributed by atoms with van der Waals surface area (Å²) in [6, 6.07) is 4.14. The molecule has 3 rings (SSSR count). The first-order valence-corrected chi connectivity index (χ1v) is 9.48. The van der Waals surface area contributed by atoms with Crippen LogP contribution in [0.25, 0.3) is 0 Å². The maximum Gasteiger partial charge on any atom is 0.252 e. The predicted molar refractivity (Wildman–Crippen MR) is 98.6 cm³/mol. The Kier molecular flexibility index (Phi) is 6.26. The first-order valence-electron chi connectivity index (χ1n) is 9.48. The number of hydrogen-bond donors (Lipinski definition) is 2. The van der Waals surface area contributed by atoms with Crippen LogP contribution in [0.2, 0.25) is 0 Å². The zero-order chi connectivity index (χ0) is 17.5. The molecule has 2 N–H and O–H groups in total. The fraction of sp³-hybridized carbons (Fsp3) is 0.684. The molecule has 0 spiro atoms. The normalized spacial score (nSPS) is 20.8. The van der Waals surface area contributed by atoms with Gasteiger partial charge in [-0.05, 0) is 50.4 Å². The van der Waals surface area contributed by atoms with Gasteiger partial charge in [-0.3, -0.25) is 4.79 Å². The molecule has 0 atom stereocenters. The second-order valence-electron chi connectivity index (χ2n) is 7.06. The largest absolute Gasteiger partial charge is 0.368 e. The summed E-state index contributed by atoms with van der Waals surface area (Å²) < 4.78 is 5.56. The highest BCUT2D eigenvalue weighted by Gasteiger charge is 2.39. The highest BCUT2D eigenvalue weighted by molar-refractivity contribution is 5.85. The number of carbonyl (C=O) groups is 1. The van der Waals surface area contributed by atoms with Gasteiger partial charge < -0.3 is 20.3 Å². The molecule has 6 nitrogen and oxygen atoms in total. The molecular formula is C19H30N4O2. The van der Waals surface area contributed by atoms with E-state index in [-0.39, 0.29) is 5.91 Å². The van der Waals surface area contributed by atoms with Gasteiger partial charge in [-0.25, -0.2) is 4.98 Å². The van der Waals surface area contributed by atoms with E-state index in [2.05, 4.69) is 32.7 Å². The van der Waals surface area contributed by atoms with Crippen LogP contribution < -0.4 is 15.5 Å². The minimum Gasteiger partial charge on any atom is -0.368 e. The summed E-state index contributed by atoms with van der Waals surface area (Å²) in [7, 11) is 1.63. The molecule has 0 bridgehead atoms. The van der Waals surface area contributed by atoms with Crippen molar-refractivity contribution in [2.24, 2.45) is 0 Å². The van der Waals surface area contributed by atoms with Crippen molar-refractivity contribution in [1.82, 2.24) is 15.6 Å². The van der Waals surface area contributed by atoms with Gasteiger partial charge in [0, 0.05) is 32.9 Å². The maximum atomic E-state index is 12.6. The Hall–Kier alpha value is -1.66. The van der Waals surface area contributed by atoms with Crippen molar-refractivity contribution in [3.63, 3.8) is 0 Å². The summed E-state index contributed by atoms with van der Waals surface area (Å²) in [6.45, 7) is 4.30. The molecule has 0 saturated carbocycles. The van der Waals surface area contributed by atoms with Gasteiger partial charge >= 0.3 is 0 Å². The molecule has 1 amide bonds. The minimum absolute atomic E-state index is 0.0203. The first-order chi connectivity index (χ1) is 12.2. The molecule has 2 saturated heterocycles. The number of methoxy groups -OCH3 is 1. The van der Waals surface area contributed by atoms with Crippen molar-refractivity contribution in [1.29, 1.82) is 0 Å². The van der Waals surface area contributed by atoms with Crippen molar-refractivity contribution in [2.45, 2.75) is 50.7 Å². The lowest BCUT2D eigenvalue weighted by molar-refractivity contribution is -0.146. The van der Waals surface area contributed by atoms with Crippen LogP contribution >= 0.6 is 0 Å². The second kappa shape index (κ2) is 8.63. The first kappa shape index (κ1) is 18.1. The Balaban J connectivity index is 1.55. The number of nitrogens with zero attached hydrogens (tertiary/aromatic N) is 2. The van der Waals surface area contributed by atoms with Gasteiger partial charge in [0.1, 0.15) is 11.4 Å². The molecule has 2 aliphatic rings. The van der Waals surface area contributed by atoms with Crippen molar-refractivity contribution in [3.8, 4) is 0 Å². The number of amides is 1.